The highest BCUT2D eigenvalue weighted by atomic mass is 79.9. The van der Waals surface area contributed by atoms with Gasteiger partial charge in [-0.3, -0.25) is 14.9 Å². The molecule has 0 radical (unpaired) electrons. The van der Waals surface area contributed by atoms with Gasteiger partial charge in [-0.1, -0.05) is 30.3 Å². The number of benzene rings is 3. The quantitative estimate of drug-likeness (QED) is 0.324. The first-order valence-corrected chi connectivity index (χ1v) is 11.7. The highest BCUT2D eigenvalue weighted by Crippen LogP contribution is 2.38. The van der Waals surface area contributed by atoms with E-state index in [0.29, 0.717) is 32.8 Å². The number of ether oxygens (including phenoxy) is 2. The Morgan fingerprint density at radius 3 is 2.53 bits per heavy atom. The predicted octanol–water partition coefficient (Wildman–Crippen LogP) is 5.46. The lowest BCUT2D eigenvalue weighted by Crippen LogP contribution is -2.54. The standard InChI is InChI=1S/C27H22BrFN2O5/c1-15-7-6-10-22(16(15)2)31-26(33)19(25(32)30-27(31)34)11-17-12-20(28)24(23(13-17)35-3)36-14-18-8-4-5-9-21(18)29/h4-13H,14H2,1-3H3,(H,30,32,34)/b19-11+. The summed E-state index contributed by atoms with van der Waals surface area (Å²) < 4.78 is 25.7. The molecular formula is C27H22BrFN2O5. The third-order valence-electron chi connectivity index (χ3n) is 5.81. The number of anilines is 1. The first-order valence-electron chi connectivity index (χ1n) is 10.9. The Bertz CT molecular complexity index is 1420. The number of nitrogens with one attached hydrogen (secondary N) is 1. The Kier molecular flexibility index (Phi) is 7.21. The van der Waals surface area contributed by atoms with Crippen LogP contribution in [0.4, 0.5) is 14.9 Å². The van der Waals surface area contributed by atoms with Gasteiger partial charge in [0.1, 0.15) is 18.0 Å². The average molecular weight is 553 g/mol. The number of aryl methyl sites for hydroxylation is 1. The van der Waals surface area contributed by atoms with Gasteiger partial charge >= 0.3 is 6.03 Å². The smallest absolute Gasteiger partial charge is 0.335 e. The lowest BCUT2D eigenvalue weighted by molar-refractivity contribution is -0.122. The van der Waals surface area contributed by atoms with Gasteiger partial charge in [0.05, 0.1) is 17.3 Å². The normalized spacial score (nSPS) is 14.8. The Balaban J connectivity index is 1.67. The number of barbiturate groups is 1. The number of rotatable bonds is 6. The number of hydrogen-bond donors (Lipinski definition) is 1. The molecule has 1 aliphatic heterocycles. The van der Waals surface area contributed by atoms with Gasteiger partial charge in [-0.2, -0.15) is 0 Å². The van der Waals surface area contributed by atoms with Crippen molar-refractivity contribution in [2.24, 2.45) is 0 Å². The summed E-state index contributed by atoms with van der Waals surface area (Å²) in [7, 11) is 1.44. The monoisotopic (exact) mass is 552 g/mol. The van der Waals surface area contributed by atoms with Gasteiger partial charge in [-0.25, -0.2) is 14.1 Å². The first kappa shape index (κ1) is 25.1. The summed E-state index contributed by atoms with van der Waals surface area (Å²) in [5.74, 6) is -1.30. The van der Waals surface area contributed by atoms with Crippen LogP contribution in [0.1, 0.15) is 22.3 Å². The van der Waals surface area contributed by atoms with Gasteiger partial charge in [0.25, 0.3) is 11.8 Å². The minimum absolute atomic E-state index is 0.0319. The van der Waals surface area contributed by atoms with Crippen LogP contribution in [0, 0.1) is 19.7 Å². The largest absolute Gasteiger partial charge is 0.493 e. The Morgan fingerprint density at radius 2 is 1.81 bits per heavy atom. The first-order chi connectivity index (χ1) is 17.2. The lowest BCUT2D eigenvalue weighted by Gasteiger charge is -2.28. The number of methoxy groups -OCH3 is 1. The summed E-state index contributed by atoms with van der Waals surface area (Å²) in [6.07, 6.45) is 1.37. The van der Waals surface area contributed by atoms with Crippen LogP contribution in [0.25, 0.3) is 6.08 Å². The van der Waals surface area contributed by atoms with E-state index in [0.717, 1.165) is 16.0 Å². The predicted molar refractivity (Wildman–Crippen MR) is 136 cm³/mol. The Labute approximate surface area is 215 Å². The fourth-order valence-corrected chi connectivity index (χ4v) is 4.32. The number of amides is 4. The van der Waals surface area contributed by atoms with Crippen molar-refractivity contribution in [1.82, 2.24) is 5.32 Å². The number of nitrogens with zero attached hydrogens (tertiary/aromatic N) is 1. The van der Waals surface area contributed by atoms with Crippen molar-refractivity contribution in [3.8, 4) is 11.5 Å². The van der Waals surface area contributed by atoms with E-state index in [2.05, 4.69) is 21.2 Å². The molecule has 1 saturated heterocycles. The van der Waals surface area contributed by atoms with Gasteiger partial charge in [0.2, 0.25) is 0 Å². The zero-order chi connectivity index (χ0) is 26.0. The fourth-order valence-electron chi connectivity index (χ4n) is 3.75. The summed E-state index contributed by atoms with van der Waals surface area (Å²) in [6, 6.07) is 13.9. The van der Waals surface area contributed by atoms with Crippen LogP contribution in [0.2, 0.25) is 0 Å². The topological polar surface area (TPSA) is 84.9 Å². The van der Waals surface area contributed by atoms with Gasteiger partial charge in [-0.05, 0) is 76.8 Å². The SMILES string of the molecule is COc1cc(/C=C2\C(=O)NC(=O)N(c3cccc(C)c3C)C2=O)cc(Br)c1OCc1ccccc1F. The summed E-state index contributed by atoms with van der Waals surface area (Å²) in [5.41, 5.74) is 2.64. The molecule has 1 N–H and O–H groups in total. The zero-order valence-corrected chi connectivity index (χ0v) is 21.3. The van der Waals surface area contributed by atoms with Crippen LogP contribution >= 0.6 is 15.9 Å². The number of hydrogen-bond acceptors (Lipinski definition) is 5. The molecule has 0 bridgehead atoms. The minimum atomic E-state index is -0.813. The third kappa shape index (κ3) is 4.87. The number of carbonyl (C=O) groups excluding carboxylic acids is 3. The van der Waals surface area contributed by atoms with Crippen LogP contribution in [-0.2, 0) is 16.2 Å². The van der Waals surface area contributed by atoms with Gasteiger partial charge in [-0.15, -0.1) is 0 Å². The van der Waals surface area contributed by atoms with Crippen LogP contribution in [-0.4, -0.2) is 25.0 Å². The van der Waals surface area contributed by atoms with Crippen LogP contribution in [0.5, 0.6) is 11.5 Å². The molecule has 4 rings (SSSR count). The third-order valence-corrected chi connectivity index (χ3v) is 6.40. The van der Waals surface area contributed by atoms with Crippen molar-refractivity contribution in [2.75, 3.05) is 12.0 Å². The maximum atomic E-state index is 14.0. The fraction of sp³-hybridized carbons (Fsp3) is 0.148. The molecule has 0 spiro atoms. The van der Waals surface area contributed by atoms with E-state index in [1.165, 1.54) is 19.3 Å². The van der Waals surface area contributed by atoms with Crippen molar-refractivity contribution in [2.45, 2.75) is 20.5 Å². The van der Waals surface area contributed by atoms with E-state index < -0.39 is 23.7 Å². The van der Waals surface area contributed by atoms with E-state index in [-0.39, 0.29) is 12.2 Å². The van der Waals surface area contributed by atoms with Crippen molar-refractivity contribution < 1.29 is 28.2 Å². The number of carbonyl (C=O) groups is 3. The van der Waals surface area contributed by atoms with Crippen LogP contribution in [0.15, 0.2) is 64.6 Å². The Morgan fingerprint density at radius 1 is 1.06 bits per heavy atom. The van der Waals surface area contributed by atoms with Gasteiger partial charge in [0, 0.05) is 5.56 Å². The highest BCUT2D eigenvalue weighted by Gasteiger charge is 2.37. The Hall–Kier alpha value is -3.98. The summed E-state index contributed by atoms with van der Waals surface area (Å²) in [5, 5.41) is 2.23. The molecule has 4 amide bonds. The molecule has 36 heavy (non-hydrogen) atoms. The molecule has 1 fully saturated rings. The van der Waals surface area contributed by atoms with Crippen molar-refractivity contribution in [3.63, 3.8) is 0 Å². The summed E-state index contributed by atoms with van der Waals surface area (Å²) >= 11 is 3.42. The van der Waals surface area contributed by atoms with E-state index in [9.17, 15) is 18.8 Å². The maximum Gasteiger partial charge on any atom is 0.335 e. The zero-order valence-electron chi connectivity index (χ0n) is 19.7. The molecule has 0 atom stereocenters. The molecule has 3 aromatic carbocycles. The number of halogens is 2. The van der Waals surface area contributed by atoms with E-state index in [1.54, 1.807) is 49.4 Å². The second-order valence-electron chi connectivity index (χ2n) is 8.09. The van der Waals surface area contributed by atoms with Crippen molar-refractivity contribution >= 4 is 45.5 Å². The van der Waals surface area contributed by atoms with Crippen LogP contribution in [0.3, 0.4) is 0 Å². The molecule has 1 aliphatic rings. The number of urea groups is 1. The molecule has 0 saturated carbocycles. The number of imide groups is 2. The van der Waals surface area contributed by atoms with E-state index in [1.807, 2.05) is 13.0 Å². The molecule has 184 valence electrons. The molecule has 0 aliphatic carbocycles. The average Bonchev–Trinajstić information content (AvgIpc) is 2.84. The molecule has 9 heteroatoms. The molecule has 1 heterocycles. The van der Waals surface area contributed by atoms with E-state index >= 15 is 0 Å². The molecule has 7 nitrogen and oxygen atoms in total. The van der Waals surface area contributed by atoms with Crippen LogP contribution < -0.4 is 19.7 Å². The second-order valence-corrected chi connectivity index (χ2v) is 8.95. The van der Waals surface area contributed by atoms with E-state index in [4.69, 9.17) is 9.47 Å². The summed E-state index contributed by atoms with van der Waals surface area (Å²) in [6.45, 7) is 3.63. The molecule has 0 aromatic heterocycles. The maximum absolute atomic E-state index is 14.0. The van der Waals surface area contributed by atoms with Crippen molar-refractivity contribution in [3.05, 3.63) is 92.7 Å². The highest BCUT2D eigenvalue weighted by molar-refractivity contribution is 9.10. The molecular weight excluding hydrogens is 531 g/mol. The molecule has 3 aromatic rings. The van der Waals surface area contributed by atoms with Crippen molar-refractivity contribution in [1.29, 1.82) is 0 Å². The minimum Gasteiger partial charge on any atom is -0.493 e. The summed E-state index contributed by atoms with van der Waals surface area (Å²) in [4.78, 5) is 39.4. The molecule has 0 unspecified atom stereocenters. The lowest BCUT2D eigenvalue weighted by atomic mass is 10.0. The van der Waals surface area contributed by atoms with Gasteiger partial charge < -0.3 is 9.47 Å². The second kappa shape index (κ2) is 10.3. The van der Waals surface area contributed by atoms with Gasteiger partial charge in [0.15, 0.2) is 11.5 Å².